The first-order valence-corrected chi connectivity index (χ1v) is 8.53. The van der Waals surface area contributed by atoms with Crippen LogP contribution in [0.2, 0.25) is 0 Å². The van der Waals surface area contributed by atoms with Crippen molar-refractivity contribution in [2.24, 2.45) is 10.8 Å². The number of amides is 1. The van der Waals surface area contributed by atoms with Crippen LogP contribution in [0.4, 0.5) is 4.79 Å². The molecule has 0 aromatic rings. The van der Waals surface area contributed by atoms with Gasteiger partial charge in [-0.1, -0.05) is 54.4 Å². The zero-order valence-electron chi connectivity index (χ0n) is 15.1. The van der Waals surface area contributed by atoms with E-state index in [1.165, 1.54) is 12.8 Å². The van der Waals surface area contributed by atoms with Gasteiger partial charge in [-0.3, -0.25) is 4.79 Å². The second kappa shape index (κ2) is 7.47. The van der Waals surface area contributed by atoms with Gasteiger partial charge in [0, 0.05) is 5.41 Å². The Kier molecular flexibility index (Phi) is 6.45. The molecule has 0 bridgehead atoms. The Bertz CT molecular complexity index is 382. The van der Waals surface area contributed by atoms with Gasteiger partial charge in [-0.2, -0.15) is 0 Å². The molecular formula is C18H33NO3. The molecule has 4 nitrogen and oxygen atoms in total. The monoisotopic (exact) mass is 311 g/mol. The van der Waals surface area contributed by atoms with E-state index in [-0.39, 0.29) is 17.3 Å². The van der Waals surface area contributed by atoms with Gasteiger partial charge >= 0.3 is 6.09 Å². The fraction of sp³-hybridized carbons (Fsp3) is 0.889. The van der Waals surface area contributed by atoms with Crippen molar-refractivity contribution < 1.29 is 14.3 Å². The van der Waals surface area contributed by atoms with Crippen LogP contribution < -0.4 is 5.32 Å². The lowest BCUT2D eigenvalue weighted by Crippen LogP contribution is -2.53. The Hall–Kier alpha value is -1.06. The molecule has 0 heterocycles. The summed E-state index contributed by atoms with van der Waals surface area (Å²) in [5, 5.41) is 2.82. The summed E-state index contributed by atoms with van der Waals surface area (Å²) in [6, 6.07) is -0.536. The summed E-state index contributed by atoms with van der Waals surface area (Å²) in [5.74, 6) is 0.0396. The minimum atomic E-state index is -0.536. The van der Waals surface area contributed by atoms with Crippen LogP contribution in [-0.4, -0.2) is 24.0 Å². The molecule has 0 saturated heterocycles. The van der Waals surface area contributed by atoms with Gasteiger partial charge in [0.1, 0.15) is 6.10 Å². The number of hydrogen-bond donors (Lipinski definition) is 1. The fourth-order valence-electron chi connectivity index (χ4n) is 2.77. The van der Waals surface area contributed by atoms with Crippen molar-refractivity contribution in [3.05, 3.63) is 0 Å². The Morgan fingerprint density at radius 1 is 0.955 bits per heavy atom. The van der Waals surface area contributed by atoms with Crippen LogP contribution in [0, 0.1) is 10.8 Å². The third-order valence-electron chi connectivity index (χ3n) is 4.21. The molecule has 0 aromatic heterocycles. The average Bonchev–Trinajstić information content (AvgIpc) is 2.61. The Labute approximate surface area is 135 Å². The van der Waals surface area contributed by atoms with E-state index < -0.39 is 17.6 Å². The normalized spacial score (nSPS) is 19.2. The standard InChI is InChI=1S/C18H33NO3/c1-17(2,3)14(15(20)18(4,5)6)19-16(21)22-13-11-9-7-8-10-12-13/h13-14H,7-12H2,1-6H3,(H,19,21)/t14-/m1/s1. The van der Waals surface area contributed by atoms with Crippen LogP contribution in [0.15, 0.2) is 0 Å². The number of rotatable bonds is 3. The van der Waals surface area contributed by atoms with Crippen molar-refractivity contribution in [3.63, 3.8) is 0 Å². The molecule has 1 rings (SSSR count). The number of hydrogen-bond acceptors (Lipinski definition) is 3. The van der Waals surface area contributed by atoms with Gasteiger partial charge in [0.2, 0.25) is 0 Å². The van der Waals surface area contributed by atoms with Crippen molar-refractivity contribution in [1.82, 2.24) is 5.32 Å². The molecule has 0 unspecified atom stereocenters. The van der Waals surface area contributed by atoms with E-state index in [4.69, 9.17) is 4.74 Å². The lowest BCUT2D eigenvalue weighted by atomic mass is 9.76. The van der Waals surface area contributed by atoms with Gasteiger partial charge in [-0.05, 0) is 31.1 Å². The van der Waals surface area contributed by atoms with Crippen LogP contribution in [0.1, 0.15) is 80.1 Å². The molecule has 4 heteroatoms. The van der Waals surface area contributed by atoms with Crippen molar-refractivity contribution in [3.8, 4) is 0 Å². The fourth-order valence-corrected chi connectivity index (χ4v) is 2.77. The highest BCUT2D eigenvalue weighted by atomic mass is 16.6. The van der Waals surface area contributed by atoms with E-state index in [9.17, 15) is 9.59 Å². The van der Waals surface area contributed by atoms with Crippen molar-refractivity contribution >= 4 is 11.9 Å². The van der Waals surface area contributed by atoms with Gasteiger partial charge in [0.15, 0.2) is 5.78 Å². The van der Waals surface area contributed by atoms with E-state index in [1.807, 2.05) is 41.5 Å². The first-order chi connectivity index (χ1) is 10.0. The molecule has 0 spiro atoms. The summed E-state index contributed by atoms with van der Waals surface area (Å²) in [6.07, 6.45) is 6.06. The summed E-state index contributed by atoms with van der Waals surface area (Å²) in [5.41, 5.74) is -0.833. The van der Waals surface area contributed by atoms with Gasteiger partial charge in [0.05, 0.1) is 6.04 Å². The highest BCUT2D eigenvalue weighted by molar-refractivity contribution is 5.92. The van der Waals surface area contributed by atoms with Gasteiger partial charge in [-0.15, -0.1) is 0 Å². The molecule has 0 aliphatic heterocycles. The Balaban J connectivity index is 2.69. The van der Waals surface area contributed by atoms with Crippen LogP contribution >= 0.6 is 0 Å². The molecule has 128 valence electrons. The zero-order valence-corrected chi connectivity index (χ0v) is 15.1. The van der Waals surface area contributed by atoms with E-state index in [2.05, 4.69) is 5.32 Å². The van der Waals surface area contributed by atoms with Crippen molar-refractivity contribution in [2.45, 2.75) is 92.2 Å². The number of nitrogens with one attached hydrogen (secondary N) is 1. The Morgan fingerprint density at radius 2 is 1.45 bits per heavy atom. The molecule has 22 heavy (non-hydrogen) atoms. The molecule has 1 aliphatic rings. The quantitative estimate of drug-likeness (QED) is 0.783. The first-order valence-electron chi connectivity index (χ1n) is 8.53. The maximum atomic E-state index is 12.6. The van der Waals surface area contributed by atoms with E-state index in [0.717, 1.165) is 25.7 Å². The minimum absolute atomic E-state index is 0.00661. The molecule has 1 fully saturated rings. The number of ketones is 1. The maximum absolute atomic E-state index is 12.6. The summed E-state index contributed by atoms with van der Waals surface area (Å²) >= 11 is 0. The van der Waals surface area contributed by atoms with Gasteiger partial charge in [0.25, 0.3) is 0 Å². The largest absolute Gasteiger partial charge is 0.446 e. The molecule has 1 atom stereocenters. The van der Waals surface area contributed by atoms with Crippen molar-refractivity contribution in [2.75, 3.05) is 0 Å². The van der Waals surface area contributed by atoms with Crippen LogP contribution in [0.25, 0.3) is 0 Å². The van der Waals surface area contributed by atoms with E-state index in [1.54, 1.807) is 0 Å². The summed E-state index contributed by atoms with van der Waals surface area (Å²) in [7, 11) is 0. The number of ether oxygens (including phenoxy) is 1. The third-order valence-corrected chi connectivity index (χ3v) is 4.21. The molecule has 1 N–H and O–H groups in total. The summed E-state index contributed by atoms with van der Waals surface area (Å²) < 4.78 is 5.56. The predicted molar refractivity (Wildman–Crippen MR) is 88.8 cm³/mol. The topological polar surface area (TPSA) is 55.4 Å². The molecule has 0 radical (unpaired) electrons. The second-order valence-corrected chi connectivity index (χ2v) is 8.58. The summed E-state index contributed by atoms with van der Waals surface area (Å²) in [6.45, 7) is 11.5. The van der Waals surface area contributed by atoms with E-state index in [0.29, 0.717) is 0 Å². The van der Waals surface area contributed by atoms with Crippen LogP contribution in [0.5, 0.6) is 0 Å². The predicted octanol–water partition coefficient (Wildman–Crippen LogP) is 4.47. The second-order valence-electron chi connectivity index (χ2n) is 8.58. The molecule has 1 saturated carbocycles. The van der Waals surface area contributed by atoms with Crippen LogP contribution in [0.3, 0.4) is 0 Å². The SMILES string of the molecule is CC(C)(C)C(=O)[C@@H](NC(=O)OC1CCCCCC1)C(C)(C)C. The summed E-state index contributed by atoms with van der Waals surface area (Å²) in [4.78, 5) is 24.9. The smallest absolute Gasteiger partial charge is 0.408 e. The number of Topliss-reactive ketones (excluding diaryl/α,β-unsaturated/α-hetero) is 1. The highest BCUT2D eigenvalue weighted by Gasteiger charge is 2.38. The lowest BCUT2D eigenvalue weighted by Gasteiger charge is -2.34. The molecule has 1 amide bonds. The number of carbonyl (C=O) groups excluding carboxylic acids is 2. The lowest BCUT2D eigenvalue weighted by molar-refractivity contribution is -0.130. The van der Waals surface area contributed by atoms with Crippen LogP contribution in [-0.2, 0) is 9.53 Å². The number of alkyl carbamates (subject to hydrolysis) is 1. The van der Waals surface area contributed by atoms with Gasteiger partial charge < -0.3 is 10.1 Å². The maximum Gasteiger partial charge on any atom is 0.408 e. The van der Waals surface area contributed by atoms with E-state index >= 15 is 0 Å². The van der Waals surface area contributed by atoms with Gasteiger partial charge in [-0.25, -0.2) is 4.79 Å². The molecular weight excluding hydrogens is 278 g/mol. The zero-order chi connectivity index (χ0) is 17.0. The Morgan fingerprint density at radius 3 is 1.86 bits per heavy atom. The third kappa shape index (κ3) is 5.98. The average molecular weight is 311 g/mol. The highest BCUT2D eigenvalue weighted by Crippen LogP contribution is 2.28. The molecule has 0 aromatic carbocycles. The first kappa shape index (κ1) is 19.0. The number of carbonyl (C=O) groups is 2. The minimum Gasteiger partial charge on any atom is -0.446 e. The molecule has 1 aliphatic carbocycles. The van der Waals surface area contributed by atoms with Crippen molar-refractivity contribution in [1.29, 1.82) is 0 Å².